The molecule has 9 rings (SSSR count). The lowest BCUT2D eigenvalue weighted by atomic mass is 9.70. The Morgan fingerprint density at radius 2 is 1.70 bits per heavy atom. The number of fused-ring (bicyclic) bond motifs is 3. The normalized spacial score (nSPS) is 14.4. The summed E-state index contributed by atoms with van der Waals surface area (Å²) in [5.41, 5.74) is 8.07. The Morgan fingerprint density at radius 3 is 2.37 bits per heavy atom. The second kappa shape index (κ2) is 22.9. The van der Waals surface area contributed by atoms with Gasteiger partial charge >= 0.3 is 18.2 Å². The highest BCUT2D eigenvalue weighted by atomic mass is 79.9. The average molecular weight is 1040 g/mol. The van der Waals surface area contributed by atoms with Crippen LogP contribution in [-0.2, 0) is 23.5 Å². The maximum atomic E-state index is 13.0. The number of hydrogen-bond donors (Lipinski definition) is 2. The highest BCUT2D eigenvalue weighted by Gasteiger charge is 2.43. The molecule has 1 amide bonds. The number of nitro groups is 1. The zero-order chi connectivity index (χ0) is 50.7. The number of amides is 1. The number of primary amides is 1. The van der Waals surface area contributed by atoms with E-state index in [1.165, 1.54) is 53.6 Å². The van der Waals surface area contributed by atoms with Crippen molar-refractivity contribution < 1.29 is 46.9 Å². The summed E-state index contributed by atoms with van der Waals surface area (Å²) in [6.07, 6.45) is 0.895. The van der Waals surface area contributed by atoms with Gasteiger partial charge in [-0.05, 0) is 89.3 Å². The Morgan fingerprint density at radius 1 is 0.972 bits per heavy atom. The van der Waals surface area contributed by atoms with Crippen molar-refractivity contribution >= 4 is 49.3 Å². The number of hydrogen-bond acceptors (Lipinski definition) is 13. The fraction of sp³-hybridized carbons (Fsp3) is 0.235. The van der Waals surface area contributed by atoms with Gasteiger partial charge in [0.1, 0.15) is 36.0 Å². The number of ether oxygens (including phenoxy) is 4. The first-order valence-electron chi connectivity index (χ1n) is 21.9. The molecule has 3 atom stereocenters. The van der Waals surface area contributed by atoms with Crippen LogP contribution >= 0.6 is 15.9 Å². The highest BCUT2D eigenvalue weighted by molar-refractivity contribution is 9.10. The van der Waals surface area contributed by atoms with Crippen molar-refractivity contribution in [3.8, 4) is 17.6 Å². The SMILES string of the molecule is COc1nc2ccc(Br)cc2cc1[C@@H](c1ccccc1)[C@@](O)(CCN(C)C)c1cccc2ccccc12.NC(=O)c1cnccn1.O=[N+]([O-])c1cn2c(n1)OC[C@@H](OCc1ccc(OC(F)(F)F)cc1)C2. The Bertz CT molecular complexity index is 3070. The van der Waals surface area contributed by atoms with Crippen LogP contribution in [0.25, 0.3) is 21.7 Å². The molecule has 0 bridgehead atoms. The van der Waals surface area contributed by atoms with Gasteiger partial charge in [-0.1, -0.05) is 101 Å². The van der Waals surface area contributed by atoms with Crippen LogP contribution in [0.15, 0.2) is 151 Å². The molecule has 0 unspecified atom stereocenters. The molecule has 0 saturated carbocycles. The molecule has 1 aliphatic heterocycles. The number of alkyl halides is 3. The number of methoxy groups -OCH3 is 1. The summed E-state index contributed by atoms with van der Waals surface area (Å²) in [4.78, 5) is 38.4. The largest absolute Gasteiger partial charge is 0.573 e. The molecule has 71 heavy (non-hydrogen) atoms. The number of imidazole rings is 1. The predicted molar refractivity (Wildman–Crippen MR) is 262 cm³/mol. The third-order valence-corrected chi connectivity index (χ3v) is 11.7. The number of rotatable bonds is 14. The molecule has 0 radical (unpaired) electrons. The van der Waals surface area contributed by atoms with Gasteiger partial charge in [-0.2, -0.15) is 0 Å². The number of halogens is 4. The number of pyridine rings is 1. The van der Waals surface area contributed by atoms with E-state index in [2.05, 4.69) is 89.0 Å². The van der Waals surface area contributed by atoms with E-state index >= 15 is 0 Å². The lowest BCUT2D eigenvalue weighted by Crippen LogP contribution is -2.38. The minimum Gasteiger partial charge on any atom is -0.481 e. The lowest BCUT2D eigenvalue weighted by molar-refractivity contribution is -0.389. The van der Waals surface area contributed by atoms with Crippen LogP contribution in [0, 0.1) is 10.1 Å². The quantitative estimate of drug-likeness (QED) is 0.0771. The van der Waals surface area contributed by atoms with Crippen LogP contribution in [0.5, 0.6) is 17.6 Å². The van der Waals surface area contributed by atoms with Gasteiger partial charge in [0.15, 0.2) is 0 Å². The van der Waals surface area contributed by atoms with E-state index in [1.807, 2.05) is 62.6 Å². The first-order valence-corrected chi connectivity index (χ1v) is 22.7. The molecule has 20 heteroatoms. The predicted octanol–water partition coefficient (Wildman–Crippen LogP) is 9.37. The number of benzene rings is 5. The zero-order valence-electron chi connectivity index (χ0n) is 38.6. The molecule has 0 aliphatic carbocycles. The Labute approximate surface area is 414 Å². The summed E-state index contributed by atoms with van der Waals surface area (Å²) >= 11 is 3.60. The van der Waals surface area contributed by atoms with E-state index in [9.17, 15) is 33.2 Å². The van der Waals surface area contributed by atoms with Crippen molar-refractivity contribution in [2.45, 2.75) is 43.6 Å². The Balaban J connectivity index is 0.000000187. The Hall–Kier alpha value is -7.52. The third-order valence-electron chi connectivity index (χ3n) is 11.3. The van der Waals surface area contributed by atoms with Gasteiger partial charge < -0.3 is 44.8 Å². The summed E-state index contributed by atoms with van der Waals surface area (Å²) in [6.45, 7) is 1.35. The van der Waals surface area contributed by atoms with Gasteiger partial charge in [0, 0.05) is 45.3 Å². The van der Waals surface area contributed by atoms with E-state index in [1.54, 1.807) is 7.11 Å². The van der Waals surface area contributed by atoms with Crippen LogP contribution < -0.4 is 19.9 Å². The molecule has 0 saturated heterocycles. The minimum atomic E-state index is -4.73. The Kier molecular flexibility index (Phi) is 16.6. The number of nitrogens with two attached hydrogens (primary N) is 1. The fourth-order valence-electron chi connectivity index (χ4n) is 7.99. The van der Waals surface area contributed by atoms with Gasteiger partial charge in [0.25, 0.3) is 5.91 Å². The summed E-state index contributed by atoms with van der Waals surface area (Å²) < 4.78 is 59.4. The topological polar surface area (TPSA) is 203 Å². The first kappa shape index (κ1) is 51.3. The standard InChI is InChI=1S/C32H31BrN2O2.C14H12F3N3O5.C5H5N3O/c1-35(2)19-18-32(36,28-15-9-13-22-10-7-8-14-26(22)28)30(23-11-5-4-6-12-23)27-21-24-20-25(33)16-17-29(24)34-31(27)37-3;15-14(16,17)25-10-3-1-9(2-4-10)7-23-11-5-19-6-12(20(21)22)18-13(19)24-8-11;6-5(9)4-3-7-1-2-8-4/h4-17,20-21,30,36H,18-19H2,1-3H3;1-4,6,11H,5,7-8H2;1-3H,(H2,6,9)/t30-,32-;11-;/m10./s1. The van der Waals surface area contributed by atoms with E-state index in [4.69, 9.17) is 24.9 Å². The lowest BCUT2D eigenvalue weighted by Gasteiger charge is -2.39. The molecular formula is C51H48BrF3N8O8. The highest BCUT2D eigenvalue weighted by Crippen LogP contribution is 2.49. The van der Waals surface area contributed by atoms with Crippen molar-refractivity contribution in [2.75, 3.05) is 34.4 Å². The van der Waals surface area contributed by atoms with Crippen molar-refractivity contribution in [3.05, 3.63) is 189 Å². The second-order valence-electron chi connectivity index (χ2n) is 16.5. The van der Waals surface area contributed by atoms with Crippen LogP contribution in [0.2, 0.25) is 0 Å². The average Bonchev–Trinajstić information content (AvgIpc) is 3.80. The number of aromatic nitrogens is 5. The number of aliphatic hydroxyl groups is 1. The van der Waals surface area contributed by atoms with Crippen molar-refractivity contribution in [1.29, 1.82) is 0 Å². The first-order chi connectivity index (χ1) is 34.0. The minimum absolute atomic E-state index is 0.145. The molecule has 5 aromatic carbocycles. The summed E-state index contributed by atoms with van der Waals surface area (Å²) in [6, 6.07) is 38.3. The van der Waals surface area contributed by atoms with Gasteiger partial charge in [-0.15, -0.1) is 13.2 Å². The molecular weight excluding hydrogens is 990 g/mol. The van der Waals surface area contributed by atoms with E-state index in [-0.39, 0.29) is 42.6 Å². The molecule has 16 nitrogen and oxygen atoms in total. The van der Waals surface area contributed by atoms with Crippen molar-refractivity contribution in [2.24, 2.45) is 5.73 Å². The number of carbonyl (C=O) groups is 1. The molecule has 1 aliphatic rings. The second-order valence-corrected chi connectivity index (χ2v) is 17.4. The maximum Gasteiger partial charge on any atom is 0.573 e. The zero-order valence-corrected chi connectivity index (χ0v) is 40.2. The molecule has 368 valence electrons. The monoisotopic (exact) mass is 1040 g/mol. The van der Waals surface area contributed by atoms with E-state index < -0.39 is 28.7 Å². The molecule has 0 fully saturated rings. The third kappa shape index (κ3) is 13.2. The number of carbonyl (C=O) groups excluding carboxylic acids is 1. The van der Waals surface area contributed by atoms with Gasteiger partial charge in [-0.25, -0.2) is 9.97 Å². The van der Waals surface area contributed by atoms with Crippen LogP contribution in [0.3, 0.4) is 0 Å². The molecule has 8 aromatic rings. The molecule has 0 spiro atoms. The van der Waals surface area contributed by atoms with Gasteiger partial charge in [0.05, 0.1) is 32.0 Å². The summed E-state index contributed by atoms with van der Waals surface area (Å²) in [7, 11) is 5.73. The van der Waals surface area contributed by atoms with Crippen molar-refractivity contribution in [1.82, 2.24) is 29.4 Å². The van der Waals surface area contributed by atoms with E-state index in [0.717, 1.165) is 42.8 Å². The van der Waals surface area contributed by atoms with Crippen LogP contribution in [0.1, 0.15) is 45.1 Å². The molecule has 3 N–H and O–H groups in total. The fourth-order valence-corrected chi connectivity index (χ4v) is 8.37. The van der Waals surface area contributed by atoms with Crippen molar-refractivity contribution in [3.63, 3.8) is 0 Å². The molecule has 3 aromatic heterocycles. The maximum absolute atomic E-state index is 13.0. The van der Waals surface area contributed by atoms with Crippen LogP contribution in [0.4, 0.5) is 19.0 Å². The summed E-state index contributed by atoms with van der Waals surface area (Å²) in [5.74, 6) is -1.08. The summed E-state index contributed by atoms with van der Waals surface area (Å²) in [5, 5.41) is 26.8. The van der Waals surface area contributed by atoms with E-state index in [0.29, 0.717) is 31.0 Å². The van der Waals surface area contributed by atoms with Gasteiger partial charge in [0.2, 0.25) is 5.88 Å². The number of nitrogens with zero attached hydrogens (tertiary/aromatic N) is 7. The smallest absolute Gasteiger partial charge is 0.481 e. The molecule has 4 heterocycles. The van der Waals surface area contributed by atoms with Gasteiger partial charge in [-0.3, -0.25) is 14.3 Å². The van der Waals surface area contributed by atoms with Crippen LogP contribution in [-0.4, -0.2) is 92.2 Å².